The molecule has 0 saturated heterocycles. The van der Waals surface area contributed by atoms with E-state index in [2.05, 4.69) is 11.9 Å². The van der Waals surface area contributed by atoms with E-state index in [0.717, 1.165) is 24.3 Å². The summed E-state index contributed by atoms with van der Waals surface area (Å²) in [5.74, 6) is 3.17. The Morgan fingerprint density at radius 3 is 2.56 bits per heavy atom. The number of fused-ring (bicyclic) bond motifs is 2. The van der Waals surface area contributed by atoms with Gasteiger partial charge in [-0.15, -0.1) is 0 Å². The summed E-state index contributed by atoms with van der Waals surface area (Å²) in [6.07, 6.45) is 8.84. The largest absolute Gasteiger partial charge is 0.330 e. The van der Waals surface area contributed by atoms with Crippen LogP contribution in [-0.4, -0.2) is 31.6 Å². The Hall–Kier alpha value is -0.0800. The molecule has 2 heteroatoms. The number of nitrogens with zero attached hydrogens (tertiary/aromatic N) is 1. The average Bonchev–Trinajstić information content (AvgIpc) is 2.72. The van der Waals surface area contributed by atoms with Crippen molar-refractivity contribution in [1.82, 2.24) is 4.90 Å². The summed E-state index contributed by atoms with van der Waals surface area (Å²) in [5, 5.41) is 0. The van der Waals surface area contributed by atoms with Crippen LogP contribution in [0.15, 0.2) is 0 Å². The van der Waals surface area contributed by atoms with E-state index in [9.17, 15) is 0 Å². The molecule has 0 radical (unpaired) electrons. The molecule has 0 aliphatic heterocycles. The van der Waals surface area contributed by atoms with Crippen molar-refractivity contribution >= 4 is 0 Å². The second-order valence-corrected chi connectivity index (χ2v) is 6.84. The van der Waals surface area contributed by atoms with Crippen molar-refractivity contribution in [3.05, 3.63) is 0 Å². The van der Waals surface area contributed by atoms with Gasteiger partial charge in [0.15, 0.2) is 0 Å². The number of nitrogens with two attached hydrogens (primary N) is 1. The van der Waals surface area contributed by atoms with Crippen LogP contribution in [0.5, 0.6) is 0 Å². The molecule has 0 aromatic rings. The van der Waals surface area contributed by atoms with Gasteiger partial charge in [0.2, 0.25) is 0 Å². The van der Waals surface area contributed by atoms with Crippen molar-refractivity contribution in [2.24, 2.45) is 28.9 Å². The fourth-order valence-electron chi connectivity index (χ4n) is 4.24. The fraction of sp³-hybridized carbons (Fsp3) is 1.00. The third-order valence-electron chi connectivity index (χ3n) is 5.43. The summed E-state index contributed by atoms with van der Waals surface area (Å²) in [6, 6.07) is 0. The molecule has 3 rings (SSSR count). The smallest absolute Gasteiger partial charge is 0.00471 e. The molecule has 16 heavy (non-hydrogen) atoms. The molecule has 0 heterocycles. The third-order valence-corrected chi connectivity index (χ3v) is 5.43. The summed E-state index contributed by atoms with van der Waals surface area (Å²) < 4.78 is 0. The Bertz CT molecular complexity index is 259. The van der Waals surface area contributed by atoms with Gasteiger partial charge in [-0.25, -0.2) is 0 Å². The summed E-state index contributed by atoms with van der Waals surface area (Å²) >= 11 is 0. The Labute approximate surface area is 99.6 Å². The highest BCUT2D eigenvalue weighted by atomic mass is 15.1. The van der Waals surface area contributed by atoms with E-state index in [1.165, 1.54) is 45.2 Å². The molecule has 3 fully saturated rings. The lowest BCUT2D eigenvalue weighted by Crippen LogP contribution is -2.35. The molecular weight excluding hydrogens is 196 g/mol. The molecule has 3 saturated carbocycles. The first kappa shape index (κ1) is 11.0. The van der Waals surface area contributed by atoms with Gasteiger partial charge in [-0.05, 0) is 68.9 Å². The molecule has 3 aliphatic carbocycles. The zero-order valence-corrected chi connectivity index (χ0v) is 10.6. The molecule has 92 valence electrons. The van der Waals surface area contributed by atoms with Gasteiger partial charge in [0, 0.05) is 13.1 Å². The molecule has 0 spiro atoms. The van der Waals surface area contributed by atoms with Crippen LogP contribution in [0, 0.1) is 23.2 Å². The van der Waals surface area contributed by atoms with E-state index < -0.39 is 0 Å². The molecule has 3 unspecified atom stereocenters. The predicted octanol–water partition coefficient (Wildman–Crippen LogP) is 2.09. The van der Waals surface area contributed by atoms with Crippen LogP contribution in [-0.2, 0) is 0 Å². The average molecular weight is 222 g/mol. The zero-order valence-electron chi connectivity index (χ0n) is 10.6. The van der Waals surface area contributed by atoms with E-state index >= 15 is 0 Å². The van der Waals surface area contributed by atoms with Crippen molar-refractivity contribution in [2.45, 2.75) is 38.5 Å². The first-order chi connectivity index (χ1) is 7.71. The van der Waals surface area contributed by atoms with Gasteiger partial charge in [0.1, 0.15) is 0 Å². The predicted molar refractivity (Wildman–Crippen MR) is 67.2 cm³/mol. The van der Waals surface area contributed by atoms with Crippen LogP contribution in [0.2, 0.25) is 0 Å². The Balaban J connectivity index is 1.48. The van der Waals surface area contributed by atoms with E-state index in [0.29, 0.717) is 5.41 Å². The van der Waals surface area contributed by atoms with Crippen molar-refractivity contribution in [1.29, 1.82) is 0 Å². The van der Waals surface area contributed by atoms with Gasteiger partial charge in [-0.2, -0.15) is 0 Å². The van der Waals surface area contributed by atoms with E-state index in [1.807, 2.05) is 0 Å². The highest BCUT2D eigenvalue weighted by Crippen LogP contribution is 2.49. The standard InChI is InChI=1S/C14H26N2/c1-16(10-14(9-15)4-5-14)8-13-7-11-2-3-12(13)6-11/h11-13H,2-10,15H2,1H3. The van der Waals surface area contributed by atoms with Crippen LogP contribution in [0.1, 0.15) is 38.5 Å². The van der Waals surface area contributed by atoms with Gasteiger partial charge in [0.05, 0.1) is 0 Å². The summed E-state index contributed by atoms with van der Waals surface area (Å²) in [7, 11) is 2.31. The van der Waals surface area contributed by atoms with Gasteiger partial charge in [0.25, 0.3) is 0 Å². The highest BCUT2D eigenvalue weighted by molar-refractivity contribution is 4.97. The topological polar surface area (TPSA) is 29.3 Å². The molecule has 2 bridgehead atoms. The molecule has 0 amide bonds. The molecule has 3 atom stereocenters. The molecule has 2 nitrogen and oxygen atoms in total. The lowest BCUT2D eigenvalue weighted by molar-refractivity contribution is 0.192. The maximum absolute atomic E-state index is 5.86. The minimum atomic E-state index is 0.520. The monoisotopic (exact) mass is 222 g/mol. The first-order valence-electron chi connectivity index (χ1n) is 7.09. The minimum Gasteiger partial charge on any atom is -0.330 e. The van der Waals surface area contributed by atoms with Gasteiger partial charge >= 0.3 is 0 Å². The van der Waals surface area contributed by atoms with Crippen LogP contribution < -0.4 is 5.73 Å². The zero-order chi connectivity index (χ0) is 11.2. The fourth-order valence-corrected chi connectivity index (χ4v) is 4.24. The van der Waals surface area contributed by atoms with Crippen molar-refractivity contribution < 1.29 is 0 Å². The van der Waals surface area contributed by atoms with Crippen molar-refractivity contribution in [2.75, 3.05) is 26.7 Å². The SMILES string of the molecule is CN(CC1CC2CCC1C2)CC1(CN)CC1. The highest BCUT2D eigenvalue weighted by Gasteiger charge is 2.43. The molecule has 2 N–H and O–H groups in total. The Kier molecular flexibility index (Phi) is 2.75. The maximum atomic E-state index is 5.86. The number of hydrogen-bond donors (Lipinski definition) is 1. The van der Waals surface area contributed by atoms with Gasteiger partial charge in [-0.1, -0.05) is 6.42 Å². The molecule has 0 aromatic carbocycles. The van der Waals surface area contributed by atoms with Crippen LogP contribution >= 0.6 is 0 Å². The van der Waals surface area contributed by atoms with E-state index in [-0.39, 0.29) is 0 Å². The third kappa shape index (κ3) is 2.02. The van der Waals surface area contributed by atoms with Crippen LogP contribution in [0.4, 0.5) is 0 Å². The van der Waals surface area contributed by atoms with Crippen molar-refractivity contribution in [3.8, 4) is 0 Å². The molecule has 0 aromatic heterocycles. The minimum absolute atomic E-state index is 0.520. The van der Waals surface area contributed by atoms with Gasteiger partial charge < -0.3 is 10.6 Å². The number of rotatable bonds is 5. The van der Waals surface area contributed by atoms with E-state index in [4.69, 9.17) is 5.73 Å². The number of hydrogen-bond acceptors (Lipinski definition) is 2. The second-order valence-electron chi connectivity index (χ2n) is 6.84. The summed E-state index contributed by atoms with van der Waals surface area (Å²) in [4.78, 5) is 2.57. The van der Waals surface area contributed by atoms with Crippen LogP contribution in [0.3, 0.4) is 0 Å². The van der Waals surface area contributed by atoms with Crippen LogP contribution in [0.25, 0.3) is 0 Å². The maximum Gasteiger partial charge on any atom is 0.00471 e. The molecular formula is C14H26N2. The van der Waals surface area contributed by atoms with E-state index in [1.54, 1.807) is 6.42 Å². The first-order valence-corrected chi connectivity index (χ1v) is 7.09. The second kappa shape index (κ2) is 3.99. The normalized spacial score (nSPS) is 39.6. The summed E-state index contributed by atoms with van der Waals surface area (Å²) in [6.45, 7) is 3.48. The van der Waals surface area contributed by atoms with Gasteiger partial charge in [-0.3, -0.25) is 0 Å². The summed E-state index contributed by atoms with van der Waals surface area (Å²) in [5.41, 5.74) is 6.38. The Morgan fingerprint density at radius 2 is 2.06 bits per heavy atom. The molecule has 3 aliphatic rings. The van der Waals surface area contributed by atoms with Crippen molar-refractivity contribution in [3.63, 3.8) is 0 Å². The lowest BCUT2D eigenvalue weighted by Gasteiger charge is -2.29. The quantitative estimate of drug-likeness (QED) is 0.772. The Morgan fingerprint density at radius 1 is 1.25 bits per heavy atom. The lowest BCUT2D eigenvalue weighted by atomic mass is 9.88.